The van der Waals surface area contributed by atoms with Crippen molar-refractivity contribution < 1.29 is 29.0 Å². The number of aliphatic hydroxyl groups is 1. The number of rotatable bonds is 8. The lowest BCUT2D eigenvalue weighted by molar-refractivity contribution is -0.150. The van der Waals surface area contributed by atoms with E-state index in [1.54, 1.807) is 24.3 Å². The molecule has 9 heteroatoms. The predicted molar refractivity (Wildman–Crippen MR) is 139 cm³/mol. The minimum absolute atomic E-state index is 0.0632. The quantitative estimate of drug-likeness (QED) is 0.490. The zero-order chi connectivity index (χ0) is 27.3. The number of benzene rings is 1. The summed E-state index contributed by atoms with van der Waals surface area (Å²) in [5.41, 5.74) is -2.00. The maximum atomic E-state index is 14.1. The Labute approximate surface area is 219 Å². The molecule has 0 aliphatic carbocycles. The molecule has 0 radical (unpaired) electrons. The van der Waals surface area contributed by atoms with Crippen molar-refractivity contribution in [2.75, 3.05) is 18.5 Å². The molecule has 3 amide bonds. The summed E-state index contributed by atoms with van der Waals surface area (Å²) in [4.78, 5) is 43.2. The number of carbonyl (C=O) groups excluding carboxylic acids is 3. The molecule has 2 bridgehead atoms. The largest absolute Gasteiger partial charge is 0.494 e. The van der Waals surface area contributed by atoms with Gasteiger partial charge in [-0.2, -0.15) is 0 Å². The van der Waals surface area contributed by atoms with E-state index >= 15 is 0 Å². The number of hydrogen-bond donors (Lipinski definition) is 3. The first-order valence-electron chi connectivity index (χ1n) is 13.3. The molecule has 1 spiro atoms. The van der Waals surface area contributed by atoms with E-state index in [0.29, 0.717) is 30.9 Å². The Balaban J connectivity index is 1.73. The van der Waals surface area contributed by atoms with Crippen LogP contribution in [0.15, 0.2) is 24.3 Å². The molecule has 3 saturated heterocycles. The first kappa shape index (κ1) is 27.4. The molecule has 204 valence electrons. The Kier molecular flexibility index (Phi) is 7.09. The second-order valence-electron chi connectivity index (χ2n) is 11.9. The molecular weight excluding hydrogens is 474 g/mol. The van der Waals surface area contributed by atoms with Gasteiger partial charge in [0.1, 0.15) is 17.4 Å². The second-order valence-corrected chi connectivity index (χ2v) is 11.9. The highest BCUT2D eigenvalue weighted by atomic mass is 16.5. The lowest BCUT2D eigenvalue weighted by Gasteiger charge is -2.38. The van der Waals surface area contributed by atoms with Gasteiger partial charge in [0.15, 0.2) is 0 Å². The molecule has 1 aromatic carbocycles. The highest BCUT2D eigenvalue weighted by Gasteiger charge is 2.80. The smallest absolute Gasteiger partial charge is 0.246 e. The summed E-state index contributed by atoms with van der Waals surface area (Å²) in [5.74, 6) is -1.92. The number of likely N-dealkylation sites (tertiary alicyclic amines) is 1. The number of nitrogens with one attached hydrogen (secondary N) is 2. The zero-order valence-electron chi connectivity index (χ0n) is 23.0. The number of hydrogen-bond acceptors (Lipinski definition) is 6. The highest BCUT2D eigenvalue weighted by Crippen LogP contribution is 2.65. The molecule has 3 unspecified atom stereocenters. The Bertz CT molecular complexity index is 1050. The average molecular weight is 516 g/mol. The van der Waals surface area contributed by atoms with E-state index in [1.807, 2.05) is 48.5 Å². The van der Waals surface area contributed by atoms with Gasteiger partial charge in [0, 0.05) is 11.2 Å². The molecule has 3 aliphatic rings. The zero-order valence-corrected chi connectivity index (χ0v) is 23.0. The van der Waals surface area contributed by atoms with Gasteiger partial charge in [-0.05, 0) is 77.6 Å². The summed E-state index contributed by atoms with van der Waals surface area (Å²) in [6.07, 6.45) is 0.952. The van der Waals surface area contributed by atoms with Crippen LogP contribution in [0, 0.1) is 17.8 Å². The first-order chi connectivity index (χ1) is 17.3. The summed E-state index contributed by atoms with van der Waals surface area (Å²) < 4.78 is 12.2. The molecule has 3 N–H and O–H groups in total. The maximum absolute atomic E-state index is 14.1. The topological polar surface area (TPSA) is 117 Å². The molecule has 37 heavy (non-hydrogen) atoms. The fourth-order valence-electron chi connectivity index (χ4n) is 6.64. The van der Waals surface area contributed by atoms with Crippen LogP contribution < -0.4 is 15.4 Å². The average Bonchev–Trinajstić information content (AvgIpc) is 3.32. The van der Waals surface area contributed by atoms with Gasteiger partial charge in [0.05, 0.1) is 36.7 Å². The summed E-state index contributed by atoms with van der Waals surface area (Å²) >= 11 is 0. The maximum Gasteiger partial charge on any atom is 0.246 e. The minimum atomic E-state index is -1.15. The molecule has 4 rings (SSSR count). The van der Waals surface area contributed by atoms with Crippen molar-refractivity contribution in [2.45, 2.75) is 90.1 Å². The molecule has 3 fully saturated rings. The summed E-state index contributed by atoms with van der Waals surface area (Å²) in [6, 6.07) is 5.60. The highest BCUT2D eigenvalue weighted by molar-refractivity contribution is 6.02. The Hall–Kier alpha value is -2.65. The van der Waals surface area contributed by atoms with Crippen LogP contribution >= 0.6 is 0 Å². The lowest BCUT2D eigenvalue weighted by Crippen LogP contribution is -2.60. The van der Waals surface area contributed by atoms with E-state index in [1.165, 1.54) is 4.90 Å². The third kappa shape index (κ3) is 4.40. The van der Waals surface area contributed by atoms with Gasteiger partial charge in [-0.1, -0.05) is 13.8 Å². The van der Waals surface area contributed by atoms with Gasteiger partial charge in [0.2, 0.25) is 17.7 Å². The normalized spacial score (nSPS) is 33.3. The molecule has 3 heterocycles. The van der Waals surface area contributed by atoms with Crippen LogP contribution in [0.1, 0.15) is 61.3 Å². The van der Waals surface area contributed by atoms with Crippen molar-refractivity contribution in [1.29, 1.82) is 0 Å². The van der Waals surface area contributed by atoms with Crippen molar-refractivity contribution in [3.63, 3.8) is 0 Å². The standard InChI is InChI=1S/C28H41N3O6/c1-8-18(15-32)31-22(24(34)30-26(4,5)6)28-14-16(3)27(7,37-28)20(21(28)25(31)35)23(33)29-17-10-12-19(13-11-17)36-9-2/h10-13,16,18,20-22,32H,8-9,14-15H2,1-7H3,(H,29,33)(H,30,34)/t16?,18-,20+,21-,22?,27-,28?/m0/s1. The van der Waals surface area contributed by atoms with Crippen molar-refractivity contribution in [3.8, 4) is 5.75 Å². The molecule has 0 saturated carbocycles. The summed E-state index contributed by atoms with van der Waals surface area (Å²) in [5, 5.41) is 16.1. The molecule has 9 nitrogen and oxygen atoms in total. The van der Waals surface area contributed by atoms with Crippen LogP contribution in [0.25, 0.3) is 0 Å². The van der Waals surface area contributed by atoms with E-state index in [0.717, 1.165) is 0 Å². The minimum Gasteiger partial charge on any atom is -0.494 e. The molecular formula is C28H41N3O6. The lowest BCUT2D eigenvalue weighted by atomic mass is 9.62. The van der Waals surface area contributed by atoms with Crippen LogP contribution in [0.4, 0.5) is 5.69 Å². The van der Waals surface area contributed by atoms with E-state index in [-0.39, 0.29) is 30.2 Å². The third-order valence-electron chi connectivity index (χ3n) is 8.29. The van der Waals surface area contributed by atoms with Crippen molar-refractivity contribution in [1.82, 2.24) is 10.2 Å². The Morgan fingerprint density at radius 1 is 1.22 bits per heavy atom. The van der Waals surface area contributed by atoms with Gasteiger partial charge in [-0.15, -0.1) is 0 Å². The van der Waals surface area contributed by atoms with Crippen LogP contribution in [-0.4, -0.2) is 69.8 Å². The van der Waals surface area contributed by atoms with E-state index in [4.69, 9.17) is 9.47 Å². The van der Waals surface area contributed by atoms with E-state index in [2.05, 4.69) is 10.6 Å². The van der Waals surface area contributed by atoms with Gasteiger partial charge >= 0.3 is 0 Å². The number of anilines is 1. The van der Waals surface area contributed by atoms with E-state index in [9.17, 15) is 19.5 Å². The number of aliphatic hydroxyl groups excluding tert-OH is 1. The Morgan fingerprint density at radius 2 is 1.86 bits per heavy atom. The first-order valence-corrected chi connectivity index (χ1v) is 13.3. The fraction of sp³-hybridized carbons (Fsp3) is 0.679. The summed E-state index contributed by atoms with van der Waals surface area (Å²) in [6.45, 7) is 13.6. The van der Waals surface area contributed by atoms with Crippen LogP contribution in [-0.2, 0) is 19.1 Å². The van der Waals surface area contributed by atoms with Crippen LogP contribution in [0.2, 0.25) is 0 Å². The number of fused-ring (bicyclic) bond motifs is 1. The number of amides is 3. The van der Waals surface area contributed by atoms with Gasteiger partial charge in [-0.25, -0.2) is 0 Å². The Morgan fingerprint density at radius 3 is 2.41 bits per heavy atom. The predicted octanol–water partition coefficient (Wildman–Crippen LogP) is 2.72. The second kappa shape index (κ2) is 9.58. The number of ether oxygens (including phenoxy) is 2. The SMILES string of the molecule is CCOc1ccc(NC(=O)[C@H]2[C@H]3C(=O)N([C@@H](CC)CO)C(C(=O)NC(C)(C)C)C34CC(C)[C@]2(C)O4)cc1. The fourth-order valence-corrected chi connectivity index (χ4v) is 6.64. The van der Waals surface area contributed by atoms with Gasteiger partial charge in [0.25, 0.3) is 0 Å². The monoisotopic (exact) mass is 515 g/mol. The van der Waals surface area contributed by atoms with Gasteiger partial charge < -0.3 is 30.1 Å². The number of carbonyl (C=O) groups is 3. The number of nitrogens with zero attached hydrogens (tertiary/aromatic N) is 1. The summed E-state index contributed by atoms with van der Waals surface area (Å²) in [7, 11) is 0. The van der Waals surface area contributed by atoms with Crippen molar-refractivity contribution in [2.24, 2.45) is 17.8 Å². The van der Waals surface area contributed by atoms with Crippen LogP contribution in [0.3, 0.4) is 0 Å². The van der Waals surface area contributed by atoms with Crippen molar-refractivity contribution in [3.05, 3.63) is 24.3 Å². The molecule has 7 atom stereocenters. The van der Waals surface area contributed by atoms with Crippen LogP contribution in [0.5, 0.6) is 5.75 Å². The molecule has 3 aliphatic heterocycles. The molecule has 1 aromatic rings. The third-order valence-corrected chi connectivity index (χ3v) is 8.29. The van der Waals surface area contributed by atoms with Gasteiger partial charge in [-0.3, -0.25) is 14.4 Å². The van der Waals surface area contributed by atoms with Crippen molar-refractivity contribution >= 4 is 23.4 Å². The van der Waals surface area contributed by atoms with E-state index < -0.39 is 40.7 Å². The molecule has 0 aromatic heterocycles.